The molecular weight excluding hydrogens is 330 g/mol. The van der Waals surface area contributed by atoms with Crippen LogP contribution in [0.25, 0.3) is 0 Å². The molecule has 1 aliphatic rings. The Balaban J connectivity index is 3.25. The third-order valence-corrected chi connectivity index (χ3v) is 3.47. The number of carboxylic acid groups (broad SMARTS) is 1. The van der Waals surface area contributed by atoms with Crippen LogP contribution in [0.3, 0.4) is 0 Å². The van der Waals surface area contributed by atoms with E-state index in [1.807, 2.05) is 0 Å². The third kappa shape index (κ3) is 4.61. The summed E-state index contributed by atoms with van der Waals surface area (Å²) in [5.41, 5.74) is 0. The number of amides is 1. The van der Waals surface area contributed by atoms with E-state index in [4.69, 9.17) is 14.6 Å². The second kappa shape index (κ2) is 7.85. The van der Waals surface area contributed by atoms with E-state index in [0.29, 0.717) is 0 Å². The molecular formula is C13H20NO10-. The minimum Gasteiger partial charge on any atom is -0.544 e. The third-order valence-electron chi connectivity index (χ3n) is 3.47. The normalized spacial score (nSPS) is 32.5. The number of carbonyl (C=O) groups excluding carboxylic acids is 3. The molecule has 1 saturated heterocycles. The van der Waals surface area contributed by atoms with Gasteiger partial charge in [0.25, 0.3) is 0 Å². The molecule has 0 aromatic heterocycles. The van der Waals surface area contributed by atoms with Crippen LogP contribution in [0.15, 0.2) is 0 Å². The van der Waals surface area contributed by atoms with Gasteiger partial charge in [0.2, 0.25) is 11.7 Å². The van der Waals surface area contributed by atoms with Crippen LogP contribution in [0.1, 0.15) is 20.3 Å². The summed E-state index contributed by atoms with van der Waals surface area (Å²) in [4.78, 5) is 33.6. The Labute approximate surface area is 136 Å². The first kappa shape index (κ1) is 20.3. The zero-order chi connectivity index (χ0) is 18.7. The molecule has 11 nitrogen and oxygen atoms in total. The van der Waals surface area contributed by atoms with E-state index < -0.39 is 67.1 Å². The largest absolute Gasteiger partial charge is 0.544 e. The average Bonchev–Trinajstić information content (AvgIpc) is 2.46. The lowest BCUT2D eigenvalue weighted by atomic mass is 9.88. The van der Waals surface area contributed by atoms with Gasteiger partial charge in [-0.25, -0.2) is 0 Å². The highest BCUT2D eigenvalue weighted by Crippen LogP contribution is 2.31. The molecule has 0 aromatic rings. The molecule has 0 unspecified atom stereocenters. The molecule has 1 heterocycles. The minimum absolute atomic E-state index is 0.633. The van der Waals surface area contributed by atoms with Gasteiger partial charge in [0.05, 0.1) is 18.8 Å². The Hall–Kier alpha value is -1.79. The fraction of sp³-hybridized carbons (Fsp3) is 0.769. The summed E-state index contributed by atoms with van der Waals surface area (Å²) in [5.74, 6) is -6.54. The molecule has 5 N–H and O–H groups in total. The van der Waals surface area contributed by atoms with Gasteiger partial charge in [0.15, 0.2) is 6.10 Å². The number of aliphatic carboxylic acids is 1. The monoisotopic (exact) mass is 350 g/mol. The average molecular weight is 350 g/mol. The van der Waals surface area contributed by atoms with Crippen LogP contribution in [0.5, 0.6) is 0 Å². The van der Waals surface area contributed by atoms with Gasteiger partial charge in [-0.1, -0.05) is 0 Å². The number of nitrogens with one attached hydrogen (secondary N) is 1. The van der Waals surface area contributed by atoms with Crippen LogP contribution in [0.2, 0.25) is 0 Å². The second-order valence-corrected chi connectivity index (χ2v) is 5.48. The van der Waals surface area contributed by atoms with Gasteiger partial charge in [0, 0.05) is 20.3 Å². The molecule has 0 radical (unpaired) electrons. The topological polar surface area (TPSA) is 186 Å². The van der Waals surface area contributed by atoms with Crippen LogP contribution >= 0.6 is 0 Å². The quantitative estimate of drug-likeness (QED) is 0.292. The molecule has 0 aliphatic carbocycles. The number of aliphatic hydroxyl groups is 4. The van der Waals surface area contributed by atoms with Crippen molar-refractivity contribution in [2.24, 2.45) is 0 Å². The summed E-state index contributed by atoms with van der Waals surface area (Å²) in [6.07, 6.45) is -7.54. The standard InChI is InChI=1S/C13H21NO10/c1-5(16)14-9-7(18)3-13(22,12(20)21)24-11(9)10(8(19)4-15)23-6(2)17/h7-11,15,18-19,22H,3-4H2,1-2H3,(H,14,16)(H,20,21)/p-1/t7-,8+,9+,10+,11+,13+/m0/s1. The van der Waals surface area contributed by atoms with Gasteiger partial charge in [0.1, 0.15) is 18.2 Å². The lowest BCUT2D eigenvalue weighted by molar-refractivity contribution is -0.374. The van der Waals surface area contributed by atoms with E-state index in [2.05, 4.69) is 5.32 Å². The van der Waals surface area contributed by atoms with Crippen molar-refractivity contribution in [3.63, 3.8) is 0 Å². The van der Waals surface area contributed by atoms with Crippen molar-refractivity contribution in [1.82, 2.24) is 5.32 Å². The maximum Gasteiger partial charge on any atom is 0.303 e. The summed E-state index contributed by atoms with van der Waals surface area (Å²) < 4.78 is 9.79. The van der Waals surface area contributed by atoms with Gasteiger partial charge in [-0.3, -0.25) is 9.59 Å². The molecule has 138 valence electrons. The van der Waals surface area contributed by atoms with Gasteiger partial charge in [-0.2, -0.15) is 0 Å². The van der Waals surface area contributed by atoms with Crippen molar-refractivity contribution in [2.75, 3.05) is 6.61 Å². The fourth-order valence-corrected chi connectivity index (χ4v) is 2.45. The minimum atomic E-state index is -2.94. The Bertz CT molecular complexity index is 497. The second-order valence-electron chi connectivity index (χ2n) is 5.48. The van der Waals surface area contributed by atoms with Crippen LogP contribution < -0.4 is 10.4 Å². The highest BCUT2D eigenvalue weighted by Gasteiger charge is 2.52. The Morgan fingerprint density at radius 3 is 2.42 bits per heavy atom. The molecule has 0 saturated carbocycles. The molecule has 1 aliphatic heterocycles. The van der Waals surface area contributed by atoms with Crippen molar-refractivity contribution in [3.05, 3.63) is 0 Å². The molecule has 11 heteroatoms. The summed E-state index contributed by atoms with van der Waals surface area (Å²) in [5, 5.41) is 52.3. The highest BCUT2D eigenvalue weighted by molar-refractivity contribution is 5.75. The van der Waals surface area contributed by atoms with Crippen molar-refractivity contribution in [2.45, 2.75) is 56.5 Å². The number of esters is 1. The molecule has 6 atom stereocenters. The van der Waals surface area contributed by atoms with Gasteiger partial charge in [-0.15, -0.1) is 0 Å². The molecule has 24 heavy (non-hydrogen) atoms. The Kier molecular flexibility index (Phi) is 6.63. The highest BCUT2D eigenvalue weighted by atomic mass is 16.7. The summed E-state index contributed by atoms with van der Waals surface area (Å²) in [7, 11) is 0. The SMILES string of the molecule is CC(=O)N[C@H]1[C@H]([C@H](OC(C)=O)[C@H](O)CO)O[C@@](O)(C(=O)[O-])C[C@@H]1O. The smallest absolute Gasteiger partial charge is 0.303 e. The Morgan fingerprint density at radius 1 is 1.42 bits per heavy atom. The summed E-state index contributed by atoms with van der Waals surface area (Å²) in [6, 6.07) is -1.33. The number of hydrogen-bond acceptors (Lipinski definition) is 10. The first-order chi connectivity index (χ1) is 11.0. The van der Waals surface area contributed by atoms with Crippen LogP contribution in [0.4, 0.5) is 0 Å². The Morgan fingerprint density at radius 2 is 2.00 bits per heavy atom. The van der Waals surface area contributed by atoms with E-state index in [1.54, 1.807) is 0 Å². The predicted octanol–water partition coefficient (Wildman–Crippen LogP) is -4.64. The van der Waals surface area contributed by atoms with Crippen molar-refractivity contribution in [3.8, 4) is 0 Å². The van der Waals surface area contributed by atoms with E-state index in [1.165, 1.54) is 0 Å². The lowest BCUT2D eigenvalue weighted by Gasteiger charge is -2.47. The molecule has 0 spiro atoms. The van der Waals surface area contributed by atoms with Crippen molar-refractivity contribution < 1.29 is 49.4 Å². The van der Waals surface area contributed by atoms with Gasteiger partial charge in [-0.05, 0) is 0 Å². The van der Waals surface area contributed by atoms with Gasteiger partial charge >= 0.3 is 5.97 Å². The van der Waals surface area contributed by atoms with Gasteiger partial charge < -0.3 is 45.1 Å². The van der Waals surface area contributed by atoms with E-state index in [0.717, 1.165) is 13.8 Å². The lowest BCUT2D eigenvalue weighted by Crippen LogP contribution is -2.69. The first-order valence-corrected chi connectivity index (χ1v) is 7.04. The number of rotatable bonds is 6. The fourth-order valence-electron chi connectivity index (χ4n) is 2.45. The number of aliphatic hydroxyl groups excluding tert-OH is 3. The number of ether oxygens (including phenoxy) is 2. The summed E-state index contributed by atoms with van der Waals surface area (Å²) >= 11 is 0. The number of carbonyl (C=O) groups is 3. The van der Waals surface area contributed by atoms with Crippen molar-refractivity contribution >= 4 is 17.8 Å². The maximum absolute atomic E-state index is 11.3. The van der Waals surface area contributed by atoms with Crippen LogP contribution in [-0.2, 0) is 23.9 Å². The predicted molar refractivity (Wildman–Crippen MR) is 71.7 cm³/mol. The van der Waals surface area contributed by atoms with Crippen molar-refractivity contribution in [1.29, 1.82) is 0 Å². The maximum atomic E-state index is 11.3. The number of carboxylic acids is 1. The molecule has 0 aromatic carbocycles. The molecule has 1 amide bonds. The molecule has 1 fully saturated rings. The zero-order valence-corrected chi connectivity index (χ0v) is 13.0. The van der Waals surface area contributed by atoms with E-state index in [-0.39, 0.29) is 0 Å². The summed E-state index contributed by atoms with van der Waals surface area (Å²) in [6.45, 7) is 1.19. The first-order valence-electron chi connectivity index (χ1n) is 7.04. The molecule has 1 rings (SSSR count). The van der Waals surface area contributed by atoms with E-state index in [9.17, 15) is 34.8 Å². The molecule has 0 bridgehead atoms. The number of hydrogen-bond donors (Lipinski definition) is 5. The van der Waals surface area contributed by atoms with Crippen LogP contribution in [-0.4, -0.2) is 81.1 Å². The van der Waals surface area contributed by atoms with Crippen LogP contribution in [0, 0.1) is 0 Å². The van der Waals surface area contributed by atoms with E-state index >= 15 is 0 Å². The zero-order valence-electron chi connectivity index (χ0n) is 13.0.